The van der Waals surface area contributed by atoms with E-state index in [9.17, 15) is 13.6 Å². The fourth-order valence-electron chi connectivity index (χ4n) is 2.51. The first-order valence-electron chi connectivity index (χ1n) is 8.68. The number of nitrogens with one attached hydrogen (secondary N) is 1. The number of benzene rings is 1. The molecule has 1 aromatic carbocycles. The van der Waals surface area contributed by atoms with Crippen LogP contribution in [0.2, 0.25) is 0 Å². The molecule has 0 aliphatic rings. The largest absolute Gasteiger partial charge is 0.460 e. The van der Waals surface area contributed by atoms with Crippen molar-refractivity contribution in [3.8, 4) is 0 Å². The first-order valence-corrected chi connectivity index (χ1v) is 9.49. The molecule has 0 bridgehead atoms. The number of ether oxygens (including phenoxy) is 1. The predicted molar refractivity (Wildman–Crippen MR) is 101 cm³/mol. The fourth-order valence-corrected chi connectivity index (χ4v) is 3.63. The van der Waals surface area contributed by atoms with Crippen molar-refractivity contribution in [1.29, 1.82) is 0 Å². The molecule has 5 nitrogen and oxygen atoms in total. The number of carbonyl (C=O) groups excluding carboxylic acids is 1. The number of rotatable bonds is 7. The zero-order valence-corrected chi connectivity index (χ0v) is 16.2. The van der Waals surface area contributed by atoms with E-state index in [4.69, 9.17) is 4.74 Å². The standard InChI is InChI=1S/C20H19F2N3O2S/c1-12(2)19-20(28-16-7-14(21)6-15(22)8-16)25-17(24-19)9-18(26)27-11-13-4-3-5-23-10-13/h3-8,10,12H,9,11H2,1-2H3,(H,24,25). The van der Waals surface area contributed by atoms with E-state index in [2.05, 4.69) is 15.0 Å². The molecule has 0 saturated heterocycles. The summed E-state index contributed by atoms with van der Waals surface area (Å²) in [6.45, 7) is 4.07. The van der Waals surface area contributed by atoms with E-state index in [1.807, 2.05) is 19.9 Å². The van der Waals surface area contributed by atoms with Gasteiger partial charge in [0.1, 0.15) is 35.5 Å². The molecule has 0 amide bonds. The molecule has 3 aromatic rings. The molecule has 8 heteroatoms. The van der Waals surface area contributed by atoms with Gasteiger partial charge in [-0.15, -0.1) is 0 Å². The van der Waals surface area contributed by atoms with Crippen LogP contribution in [0, 0.1) is 11.6 Å². The van der Waals surface area contributed by atoms with Crippen molar-refractivity contribution in [1.82, 2.24) is 15.0 Å². The fraction of sp³-hybridized carbons (Fsp3) is 0.250. The predicted octanol–water partition coefficient (Wildman–Crippen LogP) is 4.64. The number of aromatic amines is 1. The number of imidazole rings is 1. The third kappa shape index (κ3) is 5.39. The van der Waals surface area contributed by atoms with E-state index in [0.717, 1.165) is 29.1 Å². The van der Waals surface area contributed by atoms with Gasteiger partial charge in [0.15, 0.2) is 0 Å². The van der Waals surface area contributed by atoms with Crippen LogP contribution in [0.5, 0.6) is 0 Å². The molecule has 0 atom stereocenters. The molecular weight excluding hydrogens is 384 g/mol. The van der Waals surface area contributed by atoms with E-state index in [-0.39, 0.29) is 18.9 Å². The zero-order chi connectivity index (χ0) is 20.1. The molecule has 0 fully saturated rings. The lowest BCUT2D eigenvalue weighted by atomic mass is 10.2. The lowest BCUT2D eigenvalue weighted by Crippen LogP contribution is -2.09. The van der Waals surface area contributed by atoms with Crippen LogP contribution in [0.3, 0.4) is 0 Å². The van der Waals surface area contributed by atoms with E-state index in [0.29, 0.717) is 15.7 Å². The van der Waals surface area contributed by atoms with Crippen LogP contribution in [0.25, 0.3) is 0 Å². The highest BCUT2D eigenvalue weighted by Crippen LogP contribution is 2.33. The Balaban J connectivity index is 1.70. The number of carbonyl (C=O) groups is 1. The number of esters is 1. The van der Waals surface area contributed by atoms with Gasteiger partial charge in [-0.3, -0.25) is 9.78 Å². The van der Waals surface area contributed by atoms with Crippen LogP contribution in [0.4, 0.5) is 8.78 Å². The minimum Gasteiger partial charge on any atom is -0.460 e. The lowest BCUT2D eigenvalue weighted by Gasteiger charge is -2.05. The van der Waals surface area contributed by atoms with E-state index < -0.39 is 17.6 Å². The van der Waals surface area contributed by atoms with Crippen LogP contribution < -0.4 is 0 Å². The average molecular weight is 403 g/mol. The highest BCUT2D eigenvalue weighted by molar-refractivity contribution is 7.99. The molecule has 0 aliphatic heterocycles. The second kappa shape index (κ2) is 8.97. The molecule has 0 radical (unpaired) electrons. The van der Waals surface area contributed by atoms with Gasteiger partial charge in [-0.25, -0.2) is 13.8 Å². The molecule has 0 saturated carbocycles. The third-order valence-corrected chi connectivity index (χ3v) is 4.78. The Bertz CT molecular complexity index is 941. The number of aromatic nitrogens is 3. The van der Waals surface area contributed by atoms with E-state index >= 15 is 0 Å². The normalized spacial score (nSPS) is 11.0. The van der Waals surface area contributed by atoms with Gasteiger partial charge in [-0.1, -0.05) is 31.7 Å². The Hall–Kier alpha value is -2.74. The number of H-pyrrole nitrogens is 1. The molecule has 2 heterocycles. The van der Waals surface area contributed by atoms with Crippen LogP contribution in [-0.4, -0.2) is 20.9 Å². The summed E-state index contributed by atoms with van der Waals surface area (Å²) in [6, 6.07) is 6.89. The van der Waals surface area contributed by atoms with Crippen molar-refractivity contribution >= 4 is 17.7 Å². The summed E-state index contributed by atoms with van der Waals surface area (Å²) in [7, 11) is 0. The van der Waals surface area contributed by atoms with Crippen LogP contribution in [0.1, 0.15) is 36.8 Å². The minimum absolute atomic E-state index is 0.0297. The number of nitrogens with zero attached hydrogens (tertiary/aromatic N) is 2. The lowest BCUT2D eigenvalue weighted by molar-refractivity contribution is -0.144. The minimum atomic E-state index is -0.650. The van der Waals surface area contributed by atoms with E-state index in [1.54, 1.807) is 18.5 Å². The second-order valence-corrected chi connectivity index (χ2v) is 7.53. The highest BCUT2D eigenvalue weighted by Gasteiger charge is 2.18. The SMILES string of the molecule is CC(C)c1[nH]c(CC(=O)OCc2cccnc2)nc1Sc1cc(F)cc(F)c1. The van der Waals surface area contributed by atoms with Crippen molar-refractivity contribution in [2.75, 3.05) is 0 Å². The van der Waals surface area contributed by atoms with Crippen molar-refractivity contribution in [3.63, 3.8) is 0 Å². The topological polar surface area (TPSA) is 67.9 Å². The maximum absolute atomic E-state index is 13.4. The summed E-state index contributed by atoms with van der Waals surface area (Å²) in [5, 5.41) is 0.579. The number of halogens is 2. The molecule has 146 valence electrons. The highest BCUT2D eigenvalue weighted by atomic mass is 32.2. The summed E-state index contributed by atoms with van der Waals surface area (Å²) in [5.74, 6) is -1.19. The van der Waals surface area contributed by atoms with Crippen molar-refractivity contribution in [3.05, 3.63) is 71.4 Å². The number of pyridine rings is 1. The maximum atomic E-state index is 13.4. The first kappa shape index (κ1) is 20.0. The van der Waals surface area contributed by atoms with Gasteiger partial charge in [0.25, 0.3) is 0 Å². The Kier molecular flexibility index (Phi) is 6.41. The third-order valence-electron chi connectivity index (χ3n) is 3.81. The maximum Gasteiger partial charge on any atom is 0.313 e. The number of hydrogen-bond donors (Lipinski definition) is 1. The molecule has 0 unspecified atom stereocenters. The van der Waals surface area contributed by atoms with Crippen molar-refractivity contribution in [2.24, 2.45) is 0 Å². The quantitative estimate of drug-likeness (QED) is 0.582. The zero-order valence-electron chi connectivity index (χ0n) is 15.4. The van der Waals surface area contributed by atoms with Gasteiger partial charge >= 0.3 is 5.97 Å². The van der Waals surface area contributed by atoms with Gasteiger partial charge in [0.2, 0.25) is 0 Å². The van der Waals surface area contributed by atoms with Crippen LogP contribution in [0.15, 0.2) is 52.6 Å². The monoisotopic (exact) mass is 403 g/mol. The summed E-state index contributed by atoms with van der Waals surface area (Å²) in [4.78, 5) is 24.0. The van der Waals surface area contributed by atoms with Gasteiger partial charge in [0.05, 0.1) is 5.69 Å². The Morgan fingerprint density at radius 2 is 2.00 bits per heavy atom. The summed E-state index contributed by atoms with van der Waals surface area (Å²) in [6.07, 6.45) is 3.24. The Morgan fingerprint density at radius 3 is 2.64 bits per heavy atom. The van der Waals surface area contributed by atoms with Gasteiger partial charge in [-0.2, -0.15) is 0 Å². The molecule has 3 rings (SSSR count). The molecule has 2 aromatic heterocycles. The van der Waals surface area contributed by atoms with Gasteiger partial charge in [0, 0.05) is 28.9 Å². The molecule has 28 heavy (non-hydrogen) atoms. The Labute approximate surface area is 165 Å². The number of hydrogen-bond acceptors (Lipinski definition) is 5. The Morgan fingerprint density at radius 1 is 1.25 bits per heavy atom. The van der Waals surface area contributed by atoms with Gasteiger partial charge < -0.3 is 9.72 Å². The molecular formula is C20H19F2N3O2S. The van der Waals surface area contributed by atoms with Gasteiger partial charge in [-0.05, 0) is 24.1 Å². The first-order chi connectivity index (χ1) is 13.4. The van der Waals surface area contributed by atoms with Crippen molar-refractivity contribution < 1.29 is 18.3 Å². The summed E-state index contributed by atoms with van der Waals surface area (Å²) < 4.78 is 32.1. The van der Waals surface area contributed by atoms with Crippen LogP contribution in [-0.2, 0) is 22.6 Å². The molecule has 0 spiro atoms. The van der Waals surface area contributed by atoms with E-state index in [1.165, 1.54) is 12.1 Å². The van der Waals surface area contributed by atoms with Crippen molar-refractivity contribution in [2.45, 2.75) is 42.7 Å². The molecule has 0 aliphatic carbocycles. The molecule has 1 N–H and O–H groups in total. The summed E-state index contributed by atoms with van der Waals surface area (Å²) in [5.41, 5.74) is 1.59. The van der Waals surface area contributed by atoms with Crippen LogP contribution >= 0.6 is 11.8 Å². The smallest absolute Gasteiger partial charge is 0.313 e. The second-order valence-electron chi connectivity index (χ2n) is 6.46. The average Bonchev–Trinajstić information content (AvgIpc) is 3.02. The summed E-state index contributed by atoms with van der Waals surface area (Å²) >= 11 is 1.15.